The van der Waals surface area contributed by atoms with Crippen molar-refractivity contribution in [2.45, 2.75) is 33.1 Å². The number of ether oxygens (including phenoxy) is 1. The van der Waals surface area contributed by atoms with Gasteiger partial charge >= 0.3 is 0 Å². The van der Waals surface area contributed by atoms with Crippen molar-refractivity contribution in [2.24, 2.45) is 0 Å². The molecule has 0 saturated carbocycles. The third-order valence-corrected chi connectivity index (χ3v) is 5.00. The Morgan fingerprint density at radius 1 is 1.00 bits per heavy atom. The molecule has 0 spiro atoms. The number of rotatable bonds is 3. The van der Waals surface area contributed by atoms with Crippen LogP contribution in [0.5, 0.6) is 5.75 Å². The Morgan fingerprint density at radius 2 is 1.57 bits per heavy atom. The minimum absolute atomic E-state index is 0.227. The summed E-state index contributed by atoms with van der Waals surface area (Å²) < 4.78 is 6.67. The second-order valence-electron chi connectivity index (χ2n) is 5.53. The van der Waals surface area contributed by atoms with Gasteiger partial charge in [0.25, 0.3) is 0 Å². The molecule has 0 heterocycles. The van der Waals surface area contributed by atoms with Crippen molar-refractivity contribution in [1.82, 2.24) is 0 Å². The lowest BCUT2D eigenvalue weighted by Gasteiger charge is -2.21. The van der Waals surface area contributed by atoms with Gasteiger partial charge in [-0.2, -0.15) is 0 Å². The molecule has 112 valence electrons. The van der Waals surface area contributed by atoms with Crippen LogP contribution in [-0.2, 0) is 0 Å². The summed E-state index contributed by atoms with van der Waals surface area (Å²) in [4.78, 5) is 0. The Labute approximate surface area is 140 Å². The van der Waals surface area contributed by atoms with Gasteiger partial charge in [0.15, 0.2) is 0 Å². The predicted octanol–water partition coefficient (Wildman–Crippen LogP) is 6.02. The van der Waals surface area contributed by atoms with Crippen molar-refractivity contribution in [3.8, 4) is 5.75 Å². The summed E-state index contributed by atoms with van der Waals surface area (Å²) in [7, 11) is 1.70. The number of hydrogen-bond acceptors (Lipinski definition) is 1. The summed E-state index contributed by atoms with van der Waals surface area (Å²) in [6.45, 7) is 8.30. The van der Waals surface area contributed by atoms with Crippen LogP contribution in [0.2, 0.25) is 0 Å². The smallest absolute Gasteiger partial charge is 0.127 e. The van der Waals surface area contributed by atoms with E-state index in [-0.39, 0.29) is 5.38 Å². The van der Waals surface area contributed by atoms with Crippen LogP contribution < -0.4 is 4.74 Å². The van der Waals surface area contributed by atoms with Gasteiger partial charge in [-0.05, 0) is 50.5 Å². The summed E-state index contributed by atoms with van der Waals surface area (Å²) >= 11 is 10.4. The second kappa shape index (κ2) is 6.41. The first-order chi connectivity index (χ1) is 9.85. The third-order valence-electron chi connectivity index (χ3n) is 3.70. The molecule has 0 amide bonds. The highest BCUT2D eigenvalue weighted by atomic mass is 79.9. The zero-order valence-corrected chi connectivity index (χ0v) is 15.4. The predicted molar refractivity (Wildman–Crippen MR) is 93.8 cm³/mol. The molecular formula is C18H20BrClO. The van der Waals surface area contributed by atoms with E-state index in [1.54, 1.807) is 7.11 Å². The SMILES string of the molecule is COc1c(C)cc(Br)c(C)c1C(Cl)c1cc(C)cc(C)c1. The van der Waals surface area contributed by atoms with E-state index in [0.29, 0.717) is 0 Å². The summed E-state index contributed by atoms with van der Waals surface area (Å²) in [5.74, 6) is 0.870. The Kier molecular flexibility index (Phi) is 5.00. The third kappa shape index (κ3) is 3.27. The molecule has 0 aliphatic heterocycles. The zero-order chi connectivity index (χ0) is 15.7. The van der Waals surface area contributed by atoms with Gasteiger partial charge in [0.1, 0.15) is 5.75 Å². The Bertz CT molecular complexity index is 659. The fourth-order valence-electron chi connectivity index (χ4n) is 2.77. The van der Waals surface area contributed by atoms with Crippen LogP contribution in [0.25, 0.3) is 0 Å². The maximum atomic E-state index is 6.81. The zero-order valence-electron chi connectivity index (χ0n) is 13.1. The van der Waals surface area contributed by atoms with E-state index in [4.69, 9.17) is 16.3 Å². The topological polar surface area (TPSA) is 9.23 Å². The number of benzene rings is 2. The van der Waals surface area contributed by atoms with Crippen molar-refractivity contribution < 1.29 is 4.74 Å². The van der Waals surface area contributed by atoms with E-state index in [9.17, 15) is 0 Å². The van der Waals surface area contributed by atoms with Gasteiger partial charge < -0.3 is 4.74 Å². The molecule has 1 nitrogen and oxygen atoms in total. The lowest BCUT2D eigenvalue weighted by molar-refractivity contribution is 0.406. The minimum atomic E-state index is -0.227. The van der Waals surface area contributed by atoms with E-state index >= 15 is 0 Å². The van der Waals surface area contributed by atoms with Crippen LogP contribution in [0.15, 0.2) is 28.7 Å². The highest BCUT2D eigenvalue weighted by molar-refractivity contribution is 9.10. The van der Waals surface area contributed by atoms with Gasteiger partial charge in [0.2, 0.25) is 0 Å². The molecule has 0 saturated heterocycles. The monoisotopic (exact) mass is 366 g/mol. The Balaban J connectivity index is 2.64. The molecule has 3 heteroatoms. The number of alkyl halides is 1. The normalized spacial score (nSPS) is 12.3. The molecule has 0 fully saturated rings. The maximum Gasteiger partial charge on any atom is 0.127 e. The molecule has 0 N–H and O–H groups in total. The van der Waals surface area contributed by atoms with Crippen molar-refractivity contribution in [2.75, 3.05) is 7.11 Å². The Hall–Kier alpha value is -0.990. The lowest BCUT2D eigenvalue weighted by Crippen LogP contribution is -2.03. The van der Waals surface area contributed by atoms with Crippen LogP contribution in [0.4, 0.5) is 0 Å². The summed E-state index contributed by atoms with van der Waals surface area (Å²) in [6, 6.07) is 8.51. The summed E-state index contributed by atoms with van der Waals surface area (Å²) in [6.07, 6.45) is 0. The average Bonchev–Trinajstić information content (AvgIpc) is 2.40. The summed E-state index contributed by atoms with van der Waals surface area (Å²) in [5, 5.41) is -0.227. The van der Waals surface area contributed by atoms with Gasteiger partial charge in [-0.15, -0.1) is 11.6 Å². The molecule has 0 radical (unpaired) electrons. The lowest BCUT2D eigenvalue weighted by atomic mass is 9.95. The fraction of sp³-hybridized carbons (Fsp3) is 0.333. The van der Waals surface area contributed by atoms with E-state index in [1.165, 1.54) is 11.1 Å². The molecule has 2 aromatic rings. The molecule has 21 heavy (non-hydrogen) atoms. The molecule has 2 aromatic carbocycles. The second-order valence-corrected chi connectivity index (χ2v) is 6.82. The van der Waals surface area contributed by atoms with Crippen molar-refractivity contribution in [1.29, 1.82) is 0 Å². The van der Waals surface area contributed by atoms with Gasteiger partial charge in [0.05, 0.1) is 12.5 Å². The van der Waals surface area contributed by atoms with Gasteiger partial charge in [-0.1, -0.05) is 45.3 Å². The first-order valence-corrected chi connectivity index (χ1v) is 8.14. The minimum Gasteiger partial charge on any atom is -0.496 e. The number of methoxy groups -OCH3 is 1. The molecule has 1 unspecified atom stereocenters. The van der Waals surface area contributed by atoms with Gasteiger partial charge in [-0.25, -0.2) is 0 Å². The molecule has 0 aromatic heterocycles. The number of hydrogen-bond donors (Lipinski definition) is 0. The molecule has 1 atom stereocenters. The highest BCUT2D eigenvalue weighted by Crippen LogP contribution is 2.42. The van der Waals surface area contributed by atoms with E-state index in [0.717, 1.165) is 32.5 Å². The van der Waals surface area contributed by atoms with Crippen LogP contribution in [0.3, 0.4) is 0 Å². The largest absolute Gasteiger partial charge is 0.496 e. The average molecular weight is 368 g/mol. The standard InChI is InChI=1S/C18H20BrClO/c1-10-6-11(2)8-14(7-10)17(20)16-13(4)15(19)9-12(3)18(16)21-5/h6-9,17H,1-5H3. The molecule has 2 rings (SSSR count). The maximum absolute atomic E-state index is 6.81. The van der Waals surface area contributed by atoms with Crippen LogP contribution in [-0.4, -0.2) is 7.11 Å². The molecule has 0 aliphatic carbocycles. The fourth-order valence-corrected chi connectivity index (χ4v) is 3.72. The Morgan fingerprint density at radius 3 is 2.10 bits per heavy atom. The van der Waals surface area contributed by atoms with Crippen LogP contribution in [0.1, 0.15) is 38.8 Å². The van der Waals surface area contributed by atoms with E-state index < -0.39 is 0 Å². The number of aryl methyl sites for hydroxylation is 3. The molecule has 0 aliphatic rings. The highest BCUT2D eigenvalue weighted by Gasteiger charge is 2.22. The number of halogens is 2. The van der Waals surface area contributed by atoms with Crippen LogP contribution in [0, 0.1) is 27.7 Å². The van der Waals surface area contributed by atoms with Crippen LogP contribution >= 0.6 is 27.5 Å². The van der Waals surface area contributed by atoms with Crippen molar-refractivity contribution in [3.63, 3.8) is 0 Å². The van der Waals surface area contributed by atoms with Gasteiger partial charge in [-0.3, -0.25) is 0 Å². The van der Waals surface area contributed by atoms with E-state index in [1.807, 2.05) is 6.92 Å². The summed E-state index contributed by atoms with van der Waals surface area (Å²) in [5.41, 5.74) is 6.79. The molecular weight excluding hydrogens is 348 g/mol. The molecule has 0 bridgehead atoms. The quantitative estimate of drug-likeness (QED) is 0.603. The van der Waals surface area contributed by atoms with Crippen molar-refractivity contribution in [3.05, 3.63) is 62.1 Å². The van der Waals surface area contributed by atoms with Crippen molar-refractivity contribution >= 4 is 27.5 Å². The first-order valence-electron chi connectivity index (χ1n) is 6.91. The van der Waals surface area contributed by atoms with E-state index in [2.05, 4.69) is 61.0 Å². The first kappa shape index (κ1) is 16.4. The van der Waals surface area contributed by atoms with Gasteiger partial charge in [0, 0.05) is 10.0 Å².